The first-order chi connectivity index (χ1) is 15.9. The van der Waals surface area contributed by atoms with Crippen molar-refractivity contribution in [1.29, 1.82) is 0 Å². The molecule has 3 saturated carbocycles. The van der Waals surface area contributed by atoms with Crippen LogP contribution in [0.1, 0.15) is 86.7 Å². The van der Waals surface area contributed by atoms with Gasteiger partial charge in [-0.05, 0) is 74.2 Å². The molecule has 29 heavy (non-hydrogen) atoms. The Labute approximate surface area is 186 Å². The Kier molecular flexibility index (Phi) is 3.13. The Morgan fingerprint density at radius 3 is 2.66 bits per heavy atom. The van der Waals surface area contributed by atoms with Gasteiger partial charge in [0.05, 0.1) is 1.37 Å². The molecule has 0 bridgehead atoms. The topological polar surface area (TPSA) is 60.4 Å². The van der Waals surface area contributed by atoms with Gasteiger partial charge in [0.1, 0.15) is 5.60 Å². The number of esters is 1. The van der Waals surface area contributed by atoms with Crippen LogP contribution in [0.15, 0.2) is 11.6 Å². The summed E-state index contributed by atoms with van der Waals surface area (Å²) in [5, 5.41) is -1.57. The van der Waals surface area contributed by atoms with Gasteiger partial charge in [-0.15, -0.1) is 0 Å². The summed E-state index contributed by atoms with van der Waals surface area (Å²) >= 11 is 0.923. The number of fused-ring (bicyclic) bond motifs is 6. The van der Waals surface area contributed by atoms with Gasteiger partial charge in [-0.3, -0.25) is 14.4 Å². The fraction of sp³-hybridized carbons (Fsp3) is 0.792. The first kappa shape index (κ1) is 14.1. The average molecular weight is 423 g/mol. The van der Waals surface area contributed by atoms with Gasteiger partial charge >= 0.3 is 5.97 Å². The van der Waals surface area contributed by atoms with Crippen LogP contribution in [0.25, 0.3) is 0 Å². The molecule has 4 nitrogen and oxygen atoms in total. The molecule has 158 valence electrons. The number of carbonyl (C=O) groups is 3. The van der Waals surface area contributed by atoms with Crippen LogP contribution >= 0.6 is 11.8 Å². The summed E-state index contributed by atoms with van der Waals surface area (Å²) < 4.78 is 57.0. The molecule has 4 fully saturated rings. The van der Waals surface area contributed by atoms with E-state index in [2.05, 4.69) is 0 Å². The van der Waals surface area contributed by atoms with Crippen molar-refractivity contribution in [2.24, 2.45) is 28.6 Å². The lowest BCUT2D eigenvalue weighted by Crippen LogP contribution is -2.57. The number of hydrogen-bond donors (Lipinski definition) is 0. The lowest BCUT2D eigenvalue weighted by molar-refractivity contribution is -0.167. The van der Waals surface area contributed by atoms with Gasteiger partial charge in [0.25, 0.3) is 0 Å². The van der Waals surface area contributed by atoms with Crippen LogP contribution in [0.4, 0.5) is 0 Å². The summed E-state index contributed by atoms with van der Waals surface area (Å²) in [5.41, 5.74) is -1.84. The minimum atomic E-state index is -2.16. The van der Waals surface area contributed by atoms with Crippen LogP contribution in [0.3, 0.4) is 0 Å². The van der Waals surface area contributed by atoms with Crippen molar-refractivity contribution >= 4 is 28.6 Å². The van der Waals surface area contributed by atoms with E-state index in [1.165, 1.54) is 6.92 Å². The third kappa shape index (κ3) is 2.68. The Morgan fingerprint density at radius 1 is 1.21 bits per heavy atom. The lowest BCUT2D eigenvalue weighted by atomic mass is 9.46. The largest absolute Gasteiger partial charge is 0.458 e. The molecule has 0 aromatic rings. The average Bonchev–Trinajstić information content (AvgIpc) is 3.12. The molecule has 5 rings (SSSR count). The molecule has 0 amide bonds. The van der Waals surface area contributed by atoms with E-state index < -0.39 is 46.2 Å². The minimum Gasteiger partial charge on any atom is -0.458 e. The highest BCUT2D eigenvalue weighted by Crippen LogP contribution is 2.70. The van der Waals surface area contributed by atoms with Gasteiger partial charge < -0.3 is 4.74 Å². The molecule has 1 aliphatic heterocycles. The second-order valence-electron chi connectivity index (χ2n) is 9.91. The quantitative estimate of drug-likeness (QED) is 0.565. The van der Waals surface area contributed by atoms with Gasteiger partial charge in [-0.2, -0.15) is 0 Å². The van der Waals surface area contributed by atoms with E-state index in [0.29, 0.717) is 31.3 Å². The van der Waals surface area contributed by atoms with Gasteiger partial charge in [0.15, 0.2) is 10.9 Å². The molecule has 0 aromatic heterocycles. The zero-order chi connectivity index (χ0) is 26.0. The smallest absolute Gasteiger partial charge is 0.306 e. The zero-order valence-corrected chi connectivity index (χ0v) is 18.0. The maximum atomic E-state index is 12.7. The van der Waals surface area contributed by atoms with E-state index in [-0.39, 0.29) is 48.2 Å². The number of carbonyl (C=O) groups excluding carboxylic acids is 3. The highest BCUT2D eigenvalue weighted by molar-refractivity contribution is 8.14. The maximum absolute atomic E-state index is 12.7. The second kappa shape index (κ2) is 6.45. The Bertz CT molecular complexity index is 1080. The standard InChI is InChI=1S/C24H32O4S/c1-14(25)29-19-13-15-12-16(26)4-8-22(15,2)17-5-9-23(3)18(21(17)19)6-10-24(23)11-7-20(27)28-24/h12,17-19,21H,4-11,13H2,1-3H3/t17-,18-,19+,21+,22-,23-,24+/m0/s1/i4D2,7D2,12D,19D. The molecule has 0 unspecified atom stereocenters. The van der Waals surface area contributed by atoms with E-state index >= 15 is 0 Å². The molecule has 0 N–H and O–H groups in total. The van der Waals surface area contributed by atoms with Gasteiger partial charge in [-0.1, -0.05) is 31.2 Å². The summed E-state index contributed by atoms with van der Waals surface area (Å²) in [7, 11) is 0. The van der Waals surface area contributed by atoms with Crippen LogP contribution in [0.2, 0.25) is 0 Å². The predicted octanol–water partition coefficient (Wildman–Crippen LogP) is 4.85. The molecule has 5 aliphatic rings. The number of thioether (sulfide) groups is 1. The number of rotatable bonds is 1. The summed E-state index contributed by atoms with van der Waals surface area (Å²) in [5.74, 6) is -2.40. The third-order valence-electron chi connectivity index (χ3n) is 8.75. The van der Waals surface area contributed by atoms with Crippen molar-refractivity contribution in [3.8, 4) is 0 Å². The van der Waals surface area contributed by atoms with Crippen molar-refractivity contribution < 1.29 is 27.3 Å². The number of allylic oxidation sites excluding steroid dienone is 1. The normalized spacial score (nSPS) is 58.0. The van der Waals surface area contributed by atoms with Crippen molar-refractivity contribution in [3.63, 3.8) is 0 Å². The fourth-order valence-corrected chi connectivity index (χ4v) is 8.25. The highest BCUT2D eigenvalue weighted by atomic mass is 32.2. The van der Waals surface area contributed by atoms with Gasteiger partial charge in [0.2, 0.25) is 0 Å². The van der Waals surface area contributed by atoms with Crippen LogP contribution in [0.5, 0.6) is 0 Å². The summed E-state index contributed by atoms with van der Waals surface area (Å²) in [4.78, 5) is 37.5. The summed E-state index contributed by atoms with van der Waals surface area (Å²) in [6.45, 7) is 5.36. The summed E-state index contributed by atoms with van der Waals surface area (Å²) in [6, 6.07) is -0.350. The molecule has 1 saturated heterocycles. The van der Waals surface area contributed by atoms with Crippen molar-refractivity contribution in [1.82, 2.24) is 0 Å². The second-order valence-corrected chi connectivity index (χ2v) is 11.2. The van der Waals surface area contributed by atoms with E-state index in [9.17, 15) is 15.8 Å². The van der Waals surface area contributed by atoms with Gasteiger partial charge in [-0.25, -0.2) is 0 Å². The molecule has 0 aromatic carbocycles. The lowest BCUT2D eigenvalue weighted by Gasteiger charge is -2.61. The van der Waals surface area contributed by atoms with E-state index in [1.54, 1.807) is 0 Å². The molecule has 0 radical (unpaired) electrons. The van der Waals surface area contributed by atoms with E-state index in [0.717, 1.165) is 11.8 Å². The molecular formula is C24H32O4S. The predicted molar refractivity (Wildman–Crippen MR) is 112 cm³/mol. The van der Waals surface area contributed by atoms with Crippen LogP contribution in [-0.4, -0.2) is 27.7 Å². The molecule has 5 heteroatoms. The van der Waals surface area contributed by atoms with Crippen LogP contribution < -0.4 is 0 Å². The zero-order valence-electron chi connectivity index (χ0n) is 23.2. The van der Waals surface area contributed by atoms with Crippen molar-refractivity contribution in [3.05, 3.63) is 11.6 Å². The Hall–Kier alpha value is -1.10. The molecule has 1 heterocycles. The van der Waals surface area contributed by atoms with Crippen molar-refractivity contribution in [2.75, 3.05) is 0 Å². The fourth-order valence-electron chi connectivity index (χ4n) is 7.20. The highest BCUT2D eigenvalue weighted by Gasteiger charge is 2.68. The van der Waals surface area contributed by atoms with Crippen molar-refractivity contribution in [2.45, 2.75) is 89.3 Å². The minimum absolute atomic E-state index is 0.0234. The Balaban J connectivity index is 1.64. The third-order valence-corrected chi connectivity index (χ3v) is 9.72. The monoisotopic (exact) mass is 422 g/mol. The molecule has 4 aliphatic carbocycles. The first-order valence-corrected chi connectivity index (χ1v) is 11.4. The molecular weight excluding hydrogens is 384 g/mol. The molecule has 7 atom stereocenters. The Morgan fingerprint density at radius 2 is 1.97 bits per heavy atom. The van der Waals surface area contributed by atoms with E-state index in [1.807, 2.05) is 13.8 Å². The number of ether oxygens (including phenoxy) is 1. The van der Waals surface area contributed by atoms with Crippen LogP contribution in [0, 0.1) is 28.6 Å². The maximum Gasteiger partial charge on any atom is 0.306 e. The summed E-state index contributed by atoms with van der Waals surface area (Å²) in [6.07, 6.45) is -1.97. The molecule has 1 spiro atoms. The van der Waals surface area contributed by atoms with Gasteiger partial charge in [0, 0.05) is 37.2 Å². The SMILES string of the molecule is [2H]C1=C2C[C@@]([2H])(SC(C)=O)[C@@H]3[C@H](CC[C@@]4(C)[C@H]3CC[C@@]43CC([2H])([2H])C(=O)O3)[C@@]2(C)CC([2H])([2H])C1=O. The van der Waals surface area contributed by atoms with Crippen LogP contribution in [-0.2, 0) is 19.1 Å². The van der Waals surface area contributed by atoms with E-state index in [4.69, 9.17) is 11.6 Å². The number of hydrogen-bond acceptors (Lipinski definition) is 5. The first-order valence-electron chi connectivity index (χ1n) is 13.6. The number of ketones is 1.